The predicted molar refractivity (Wildman–Crippen MR) is 105 cm³/mol. The van der Waals surface area contributed by atoms with E-state index in [1.165, 1.54) is 11.1 Å². The third-order valence-corrected chi connectivity index (χ3v) is 5.43. The maximum Gasteiger partial charge on any atom is 0.244 e. The quantitative estimate of drug-likeness (QED) is 0.773. The van der Waals surface area contributed by atoms with Gasteiger partial charge in [0.15, 0.2) is 0 Å². The predicted octanol–water partition coefficient (Wildman–Crippen LogP) is 4.15. The molecule has 2 heterocycles. The highest BCUT2D eigenvalue weighted by molar-refractivity contribution is 6.04. The molecule has 1 aliphatic rings. The molecule has 2 aromatic carbocycles. The Labute approximate surface area is 153 Å². The van der Waals surface area contributed by atoms with Crippen LogP contribution in [-0.2, 0) is 11.3 Å². The Bertz CT molecular complexity index is 946. The van der Waals surface area contributed by atoms with E-state index in [-0.39, 0.29) is 5.91 Å². The van der Waals surface area contributed by atoms with Crippen molar-refractivity contribution in [3.63, 3.8) is 0 Å². The van der Waals surface area contributed by atoms with Gasteiger partial charge in [-0.2, -0.15) is 0 Å². The Balaban J connectivity index is 1.52. The molecule has 26 heavy (non-hydrogen) atoms. The minimum atomic E-state index is -0.484. The van der Waals surface area contributed by atoms with Gasteiger partial charge in [0.25, 0.3) is 0 Å². The average Bonchev–Trinajstić information content (AvgIpc) is 2.66. The van der Waals surface area contributed by atoms with Crippen LogP contribution in [0.25, 0.3) is 10.9 Å². The molecule has 4 heteroatoms. The molecule has 1 atom stereocenters. The summed E-state index contributed by atoms with van der Waals surface area (Å²) in [6, 6.07) is 18.3. The van der Waals surface area contributed by atoms with Crippen molar-refractivity contribution in [2.75, 3.05) is 11.9 Å². The second-order valence-electron chi connectivity index (χ2n) is 7.27. The number of nitrogens with one attached hydrogen (secondary N) is 1. The molecule has 0 aliphatic carbocycles. The van der Waals surface area contributed by atoms with Crippen LogP contribution in [0.3, 0.4) is 0 Å². The summed E-state index contributed by atoms with van der Waals surface area (Å²) in [7, 11) is 0. The van der Waals surface area contributed by atoms with Crippen molar-refractivity contribution in [1.82, 2.24) is 9.88 Å². The summed E-state index contributed by atoms with van der Waals surface area (Å²) in [5.41, 5.74) is 3.61. The van der Waals surface area contributed by atoms with Crippen LogP contribution in [0.15, 0.2) is 60.8 Å². The van der Waals surface area contributed by atoms with Gasteiger partial charge in [-0.25, -0.2) is 0 Å². The molecule has 0 saturated carbocycles. The number of pyridine rings is 1. The Kier molecular flexibility index (Phi) is 4.21. The maximum atomic E-state index is 13.0. The SMILES string of the molecule is Cc1ccc(CN2CCC2(C)C(=O)Nc2cccc3cccnc23)cc1. The summed E-state index contributed by atoms with van der Waals surface area (Å²) >= 11 is 0. The number of carbonyl (C=O) groups is 1. The number of hydrogen-bond donors (Lipinski definition) is 1. The number of nitrogens with zero attached hydrogens (tertiary/aromatic N) is 2. The van der Waals surface area contributed by atoms with E-state index in [9.17, 15) is 4.79 Å². The van der Waals surface area contributed by atoms with Crippen molar-refractivity contribution in [2.24, 2.45) is 0 Å². The van der Waals surface area contributed by atoms with Crippen molar-refractivity contribution in [3.05, 3.63) is 71.9 Å². The topological polar surface area (TPSA) is 45.2 Å². The van der Waals surface area contributed by atoms with Crippen LogP contribution in [0.5, 0.6) is 0 Å². The van der Waals surface area contributed by atoms with E-state index in [0.29, 0.717) is 0 Å². The molecular weight excluding hydrogens is 322 g/mol. The van der Waals surface area contributed by atoms with Crippen molar-refractivity contribution >= 4 is 22.5 Å². The second kappa shape index (κ2) is 6.54. The van der Waals surface area contributed by atoms with Gasteiger partial charge in [0.2, 0.25) is 5.91 Å². The molecule has 4 rings (SSSR count). The zero-order valence-electron chi connectivity index (χ0n) is 15.2. The average molecular weight is 345 g/mol. The number of para-hydroxylation sites is 1. The fourth-order valence-corrected chi connectivity index (χ4v) is 3.49. The first-order valence-electron chi connectivity index (χ1n) is 9.02. The first-order chi connectivity index (χ1) is 12.6. The molecular formula is C22H23N3O. The number of likely N-dealkylation sites (tertiary alicyclic amines) is 1. The van der Waals surface area contributed by atoms with E-state index in [0.717, 1.165) is 36.1 Å². The van der Waals surface area contributed by atoms with Crippen molar-refractivity contribution in [3.8, 4) is 0 Å². The van der Waals surface area contributed by atoms with Gasteiger partial charge in [-0.05, 0) is 38.0 Å². The summed E-state index contributed by atoms with van der Waals surface area (Å²) < 4.78 is 0. The van der Waals surface area contributed by atoms with Crippen LogP contribution in [0, 0.1) is 6.92 Å². The summed E-state index contributed by atoms with van der Waals surface area (Å²) in [5, 5.41) is 4.14. The molecule has 1 aliphatic heterocycles. The standard InChI is InChI=1S/C22H23N3O/c1-16-8-10-17(11-9-16)15-25-14-12-22(25,2)21(26)24-19-7-3-5-18-6-4-13-23-20(18)19/h3-11,13H,12,14-15H2,1-2H3,(H,24,26). The van der Waals surface area contributed by atoms with E-state index < -0.39 is 5.54 Å². The van der Waals surface area contributed by atoms with Crippen LogP contribution in [0.2, 0.25) is 0 Å². The Morgan fingerprint density at radius 1 is 1.15 bits per heavy atom. The van der Waals surface area contributed by atoms with Gasteiger partial charge < -0.3 is 5.32 Å². The molecule has 3 aromatic rings. The molecule has 132 valence electrons. The number of hydrogen-bond acceptors (Lipinski definition) is 3. The number of benzene rings is 2. The Morgan fingerprint density at radius 3 is 2.65 bits per heavy atom. The van der Waals surface area contributed by atoms with Crippen LogP contribution in [0.1, 0.15) is 24.5 Å². The lowest BCUT2D eigenvalue weighted by Gasteiger charge is -2.49. The third kappa shape index (κ3) is 2.97. The molecule has 0 spiro atoms. The lowest BCUT2D eigenvalue weighted by molar-refractivity contribution is -0.136. The molecule has 1 saturated heterocycles. The Hall–Kier alpha value is -2.72. The smallest absolute Gasteiger partial charge is 0.244 e. The van der Waals surface area contributed by atoms with Gasteiger partial charge in [0.1, 0.15) is 0 Å². The number of fused-ring (bicyclic) bond motifs is 1. The normalized spacial score (nSPS) is 19.9. The van der Waals surface area contributed by atoms with Gasteiger partial charge in [-0.15, -0.1) is 0 Å². The maximum absolute atomic E-state index is 13.0. The first-order valence-corrected chi connectivity index (χ1v) is 9.02. The van der Waals surface area contributed by atoms with Crippen molar-refractivity contribution in [1.29, 1.82) is 0 Å². The van der Waals surface area contributed by atoms with Gasteiger partial charge >= 0.3 is 0 Å². The molecule has 1 amide bonds. The van der Waals surface area contributed by atoms with Crippen LogP contribution < -0.4 is 5.32 Å². The fraction of sp³-hybridized carbons (Fsp3) is 0.273. The summed E-state index contributed by atoms with van der Waals surface area (Å²) in [5.74, 6) is 0.0361. The fourth-order valence-electron chi connectivity index (χ4n) is 3.49. The van der Waals surface area contributed by atoms with Gasteiger partial charge in [0.05, 0.1) is 16.7 Å². The van der Waals surface area contributed by atoms with Gasteiger partial charge in [-0.1, -0.05) is 48.0 Å². The minimum Gasteiger partial charge on any atom is -0.323 e. The van der Waals surface area contributed by atoms with E-state index in [2.05, 4.69) is 46.4 Å². The van der Waals surface area contributed by atoms with E-state index in [1.54, 1.807) is 6.20 Å². The molecule has 0 bridgehead atoms. The number of aryl methyl sites for hydroxylation is 1. The van der Waals surface area contributed by atoms with Gasteiger partial charge in [0, 0.05) is 24.7 Å². The lowest BCUT2D eigenvalue weighted by Crippen LogP contribution is -2.63. The highest BCUT2D eigenvalue weighted by Crippen LogP contribution is 2.34. The Morgan fingerprint density at radius 2 is 1.92 bits per heavy atom. The monoisotopic (exact) mass is 345 g/mol. The molecule has 1 aromatic heterocycles. The van der Waals surface area contributed by atoms with Crippen LogP contribution >= 0.6 is 0 Å². The lowest BCUT2D eigenvalue weighted by atomic mass is 9.85. The second-order valence-corrected chi connectivity index (χ2v) is 7.27. The summed E-state index contributed by atoms with van der Waals surface area (Å²) in [6.45, 7) is 5.84. The number of aromatic nitrogens is 1. The molecule has 0 radical (unpaired) electrons. The number of anilines is 1. The zero-order chi connectivity index (χ0) is 18.1. The molecule has 1 N–H and O–H groups in total. The number of carbonyl (C=O) groups excluding carboxylic acids is 1. The summed E-state index contributed by atoms with van der Waals surface area (Å²) in [4.78, 5) is 19.7. The number of amides is 1. The summed E-state index contributed by atoms with van der Waals surface area (Å²) in [6.07, 6.45) is 2.62. The van der Waals surface area contributed by atoms with Crippen molar-refractivity contribution < 1.29 is 4.79 Å². The van der Waals surface area contributed by atoms with Crippen molar-refractivity contribution in [2.45, 2.75) is 32.4 Å². The highest BCUT2D eigenvalue weighted by atomic mass is 16.2. The molecule has 4 nitrogen and oxygen atoms in total. The molecule has 1 fully saturated rings. The number of rotatable bonds is 4. The van der Waals surface area contributed by atoms with E-state index >= 15 is 0 Å². The third-order valence-electron chi connectivity index (χ3n) is 5.43. The van der Waals surface area contributed by atoms with Crippen LogP contribution in [-0.4, -0.2) is 27.9 Å². The first kappa shape index (κ1) is 16.7. The van der Waals surface area contributed by atoms with E-state index in [4.69, 9.17) is 0 Å². The van der Waals surface area contributed by atoms with Gasteiger partial charge in [-0.3, -0.25) is 14.7 Å². The molecule has 1 unspecified atom stereocenters. The zero-order valence-corrected chi connectivity index (χ0v) is 15.2. The highest BCUT2D eigenvalue weighted by Gasteiger charge is 2.46. The van der Waals surface area contributed by atoms with E-state index in [1.807, 2.05) is 37.3 Å². The largest absolute Gasteiger partial charge is 0.323 e. The minimum absolute atomic E-state index is 0.0361. The van der Waals surface area contributed by atoms with Crippen LogP contribution in [0.4, 0.5) is 5.69 Å².